The molecule has 1 N–H and O–H groups in total. The minimum absolute atomic E-state index is 0.344. The van der Waals surface area contributed by atoms with Crippen LogP contribution in [0.1, 0.15) is 18.1 Å². The molecule has 0 spiro atoms. The van der Waals surface area contributed by atoms with Crippen LogP contribution in [-0.4, -0.2) is 5.11 Å². The van der Waals surface area contributed by atoms with E-state index in [2.05, 4.69) is 6.08 Å². The van der Waals surface area contributed by atoms with Crippen molar-refractivity contribution in [2.75, 3.05) is 0 Å². The van der Waals surface area contributed by atoms with Crippen LogP contribution in [-0.2, 0) is 6.42 Å². The smallest absolute Gasteiger partial charge is 0.115 e. The van der Waals surface area contributed by atoms with Gasteiger partial charge in [0.15, 0.2) is 0 Å². The Morgan fingerprint density at radius 1 is 1.42 bits per heavy atom. The van der Waals surface area contributed by atoms with Gasteiger partial charge in [-0.1, -0.05) is 18.2 Å². The van der Waals surface area contributed by atoms with Crippen molar-refractivity contribution >= 4 is 0 Å². The van der Waals surface area contributed by atoms with Gasteiger partial charge in [0.1, 0.15) is 5.75 Å². The van der Waals surface area contributed by atoms with Crippen molar-refractivity contribution in [1.29, 1.82) is 0 Å². The van der Waals surface area contributed by atoms with Gasteiger partial charge >= 0.3 is 0 Å². The lowest BCUT2D eigenvalue weighted by atomic mass is 10.1. The van der Waals surface area contributed by atoms with E-state index in [1.54, 1.807) is 12.1 Å². The monoisotopic (exact) mass is 162 g/mol. The molecule has 1 nitrogen and oxygen atoms in total. The fourth-order valence-corrected chi connectivity index (χ4v) is 1.15. The summed E-state index contributed by atoms with van der Waals surface area (Å²) < 4.78 is 0. The van der Waals surface area contributed by atoms with Crippen molar-refractivity contribution in [1.82, 2.24) is 0 Å². The van der Waals surface area contributed by atoms with Crippen LogP contribution in [0.2, 0.25) is 0 Å². The van der Waals surface area contributed by atoms with E-state index in [1.165, 1.54) is 5.56 Å². The summed E-state index contributed by atoms with van der Waals surface area (Å²) in [7, 11) is 0. The van der Waals surface area contributed by atoms with Gasteiger partial charge in [-0.15, -0.1) is 0 Å². The maximum absolute atomic E-state index is 9.14. The van der Waals surface area contributed by atoms with Crippen molar-refractivity contribution in [3.8, 4) is 5.75 Å². The lowest BCUT2D eigenvalue weighted by Gasteiger charge is -2.02. The Bertz CT molecular complexity index is 287. The first kappa shape index (κ1) is 8.85. The first-order valence-corrected chi connectivity index (χ1v) is 4.13. The molecule has 1 aromatic carbocycles. The predicted octanol–water partition coefficient (Wildman–Crippen LogP) is 2.82. The van der Waals surface area contributed by atoms with E-state index in [1.807, 2.05) is 26.0 Å². The van der Waals surface area contributed by atoms with Gasteiger partial charge < -0.3 is 5.11 Å². The normalized spacial score (nSPS) is 10.8. The minimum Gasteiger partial charge on any atom is -0.508 e. The molecule has 0 fully saturated rings. The number of phenols is 1. The van der Waals surface area contributed by atoms with Crippen LogP contribution < -0.4 is 0 Å². The molecule has 12 heavy (non-hydrogen) atoms. The summed E-state index contributed by atoms with van der Waals surface area (Å²) >= 11 is 0. The van der Waals surface area contributed by atoms with Gasteiger partial charge in [0.2, 0.25) is 0 Å². The molecular formula is C11H14O. The molecule has 64 valence electrons. The summed E-state index contributed by atoms with van der Waals surface area (Å²) in [6, 6.07) is 5.48. The van der Waals surface area contributed by atoms with Gasteiger partial charge in [-0.05, 0) is 43.5 Å². The second-order valence-corrected chi connectivity index (χ2v) is 2.88. The van der Waals surface area contributed by atoms with Crippen molar-refractivity contribution in [2.45, 2.75) is 20.3 Å². The summed E-state index contributed by atoms with van der Waals surface area (Å²) in [5.41, 5.74) is 2.42. The van der Waals surface area contributed by atoms with Crippen LogP contribution in [0.15, 0.2) is 30.4 Å². The lowest BCUT2D eigenvalue weighted by Crippen LogP contribution is -1.85. The first-order chi connectivity index (χ1) is 5.74. The van der Waals surface area contributed by atoms with Gasteiger partial charge in [0, 0.05) is 0 Å². The molecule has 0 atom stereocenters. The molecule has 1 rings (SSSR count). The molecule has 0 saturated heterocycles. The van der Waals surface area contributed by atoms with Crippen LogP contribution in [0.4, 0.5) is 0 Å². The first-order valence-electron chi connectivity index (χ1n) is 4.13. The Morgan fingerprint density at radius 2 is 2.17 bits per heavy atom. The topological polar surface area (TPSA) is 20.2 Å². The number of rotatable bonds is 2. The Balaban J connectivity index is 2.86. The third kappa shape index (κ3) is 2.12. The van der Waals surface area contributed by atoms with Crippen LogP contribution >= 0.6 is 0 Å². The van der Waals surface area contributed by atoms with Crippen molar-refractivity contribution < 1.29 is 5.11 Å². The predicted molar refractivity (Wildman–Crippen MR) is 51.4 cm³/mol. The third-order valence-electron chi connectivity index (χ3n) is 1.90. The van der Waals surface area contributed by atoms with Gasteiger partial charge in [-0.25, -0.2) is 0 Å². The summed E-state index contributed by atoms with van der Waals surface area (Å²) in [5.74, 6) is 0.344. The molecule has 0 unspecified atom stereocenters. The highest BCUT2D eigenvalue weighted by Crippen LogP contribution is 2.16. The summed E-state index contributed by atoms with van der Waals surface area (Å²) in [4.78, 5) is 0. The van der Waals surface area contributed by atoms with Crippen LogP contribution in [0.25, 0.3) is 0 Å². The fraction of sp³-hybridized carbons (Fsp3) is 0.273. The zero-order chi connectivity index (χ0) is 8.97. The standard InChI is InChI=1S/C11H14O/c1-3-4-5-10-6-7-11(12)8-9(10)2/h3-4,6-8,12H,5H2,1-2H3/b4-3+. The molecular weight excluding hydrogens is 148 g/mol. The highest BCUT2D eigenvalue weighted by molar-refractivity contribution is 5.34. The summed E-state index contributed by atoms with van der Waals surface area (Å²) in [5, 5.41) is 9.14. The average Bonchev–Trinajstić information content (AvgIpc) is 2.03. The highest BCUT2D eigenvalue weighted by atomic mass is 16.3. The fourth-order valence-electron chi connectivity index (χ4n) is 1.15. The molecule has 0 amide bonds. The van der Waals surface area contributed by atoms with Gasteiger partial charge in [-0.2, -0.15) is 0 Å². The Morgan fingerprint density at radius 3 is 2.75 bits per heavy atom. The quantitative estimate of drug-likeness (QED) is 0.663. The van der Waals surface area contributed by atoms with E-state index in [9.17, 15) is 0 Å². The van der Waals surface area contributed by atoms with Crippen molar-refractivity contribution in [3.05, 3.63) is 41.5 Å². The number of allylic oxidation sites excluding steroid dienone is 2. The third-order valence-corrected chi connectivity index (χ3v) is 1.90. The second-order valence-electron chi connectivity index (χ2n) is 2.88. The molecule has 1 heteroatoms. The lowest BCUT2D eigenvalue weighted by molar-refractivity contribution is 0.474. The Labute approximate surface area is 73.4 Å². The maximum Gasteiger partial charge on any atom is 0.115 e. The van der Waals surface area contributed by atoms with E-state index < -0.39 is 0 Å². The second kappa shape index (κ2) is 3.96. The SMILES string of the molecule is C/C=C/Cc1ccc(O)cc1C. The number of hydrogen-bond donors (Lipinski definition) is 1. The van der Waals surface area contributed by atoms with Gasteiger partial charge in [0.05, 0.1) is 0 Å². The molecule has 0 aliphatic heterocycles. The summed E-state index contributed by atoms with van der Waals surface area (Å²) in [6.45, 7) is 4.02. The molecule has 0 bridgehead atoms. The van der Waals surface area contributed by atoms with Crippen LogP contribution in [0, 0.1) is 6.92 Å². The minimum atomic E-state index is 0.344. The number of aromatic hydroxyl groups is 1. The largest absolute Gasteiger partial charge is 0.508 e. The average molecular weight is 162 g/mol. The Hall–Kier alpha value is -1.24. The van der Waals surface area contributed by atoms with Crippen LogP contribution in [0.3, 0.4) is 0 Å². The number of hydrogen-bond acceptors (Lipinski definition) is 1. The molecule has 0 heterocycles. The zero-order valence-electron chi connectivity index (χ0n) is 7.54. The number of aryl methyl sites for hydroxylation is 1. The molecule has 1 aromatic rings. The van der Waals surface area contributed by atoms with Gasteiger partial charge in [0.25, 0.3) is 0 Å². The molecule has 0 aliphatic rings. The summed E-state index contributed by atoms with van der Waals surface area (Å²) in [6.07, 6.45) is 5.09. The van der Waals surface area contributed by atoms with Crippen LogP contribution in [0.5, 0.6) is 5.75 Å². The van der Waals surface area contributed by atoms with E-state index in [-0.39, 0.29) is 0 Å². The number of phenolic OH excluding ortho intramolecular Hbond substituents is 1. The van der Waals surface area contributed by atoms with Crippen molar-refractivity contribution in [2.24, 2.45) is 0 Å². The molecule has 0 saturated carbocycles. The molecule has 0 aliphatic carbocycles. The zero-order valence-corrected chi connectivity index (χ0v) is 7.54. The molecule has 0 radical (unpaired) electrons. The Kier molecular flexibility index (Phi) is 2.92. The van der Waals surface area contributed by atoms with E-state index >= 15 is 0 Å². The number of benzene rings is 1. The van der Waals surface area contributed by atoms with E-state index in [0.29, 0.717) is 5.75 Å². The molecule has 0 aromatic heterocycles. The van der Waals surface area contributed by atoms with E-state index in [4.69, 9.17) is 5.11 Å². The van der Waals surface area contributed by atoms with E-state index in [0.717, 1.165) is 12.0 Å². The maximum atomic E-state index is 9.14. The highest BCUT2D eigenvalue weighted by Gasteiger charge is 1.96. The van der Waals surface area contributed by atoms with Gasteiger partial charge in [-0.3, -0.25) is 0 Å². The van der Waals surface area contributed by atoms with Crippen molar-refractivity contribution in [3.63, 3.8) is 0 Å².